The molecule has 4 rings (SSSR count). The van der Waals surface area contributed by atoms with Gasteiger partial charge in [0.25, 0.3) is 11.5 Å². The van der Waals surface area contributed by atoms with Gasteiger partial charge in [-0.3, -0.25) is 14.0 Å². The van der Waals surface area contributed by atoms with Gasteiger partial charge in [0, 0.05) is 10.2 Å². The average Bonchev–Trinajstić information content (AvgIpc) is 2.92. The molecule has 2 heterocycles. The van der Waals surface area contributed by atoms with Crippen LogP contribution in [0.25, 0.3) is 16.6 Å². The number of benzene rings is 2. The molecule has 1 amide bonds. The molecule has 0 atom stereocenters. The standard InChI is InChI=1S/C18H12BrN3O2S2/c1-9-3-2-4-11(7-9)20-17(24)14-15-21-16(23)12-8-10(19)5-6-13(12)22(15)18(25)26-14/h2-8H,1H3,(H,20,24)(H,21,23). The Hall–Kier alpha value is -2.29. The van der Waals surface area contributed by atoms with E-state index in [0.717, 1.165) is 10.0 Å². The lowest BCUT2D eigenvalue weighted by Gasteiger charge is -2.06. The number of hydrogen-bond donors (Lipinski definition) is 2. The molecule has 0 unspecified atom stereocenters. The van der Waals surface area contributed by atoms with E-state index in [1.807, 2.05) is 43.3 Å². The molecule has 2 aromatic carbocycles. The number of fused-ring (bicyclic) bond motifs is 3. The van der Waals surface area contributed by atoms with E-state index in [-0.39, 0.29) is 11.5 Å². The van der Waals surface area contributed by atoms with Gasteiger partial charge in [0.1, 0.15) is 10.5 Å². The Labute approximate surface area is 165 Å². The summed E-state index contributed by atoms with van der Waals surface area (Å²) in [5, 5.41) is 3.37. The van der Waals surface area contributed by atoms with Crippen molar-refractivity contribution < 1.29 is 4.79 Å². The largest absolute Gasteiger partial charge is 0.321 e. The molecule has 0 aliphatic heterocycles. The normalized spacial score (nSPS) is 11.2. The van der Waals surface area contributed by atoms with Gasteiger partial charge in [-0.05, 0) is 55.0 Å². The zero-order valence-electron chi connectivity index (χ0n) is 13.5. The van der Waals surface area contributed by atoms with Crippen molar-refractivity contribution in [2.24, 2.45) is 0 Å². The van der Waals surface area contributed by atoms with Gasteiger partial charge >= 0.3 is 0 Å². The van der Waals surface area contributed by atoms with E-state index in [9.17, 15) is 9.59 Å². The van der Waals surface area contributed by atoms with E-state index in [1.54, 1.807) is 10.5 Å². The first kappa shape index (κ1) is 17.1. The molecular formula is C18H12BrN3O2S2. The molecule has 8 heteroatoms. The van der Waals surface area contributed by atoms with E-state index >= 15 is 0 Å². The Morgan fingerprint density at radius 1 is 1.27 bits per heavy atom. The second-order valence-electron chi connectivity index (χ2n) is 5.82. The molecule has 0 aliphatic rings. The van der Waals surface area contributed by atoms with Gasteiger partial charge in [-0.15, -0.1) is 0 Å². The van der Waals surface area contributed by atoms with Crippen LogP contribution < -0.4 is 10.9 Å². The first-order chi connectivity index (χ1) is 12.4. The predicted molar refractivity (Wildman–Crippen MR) is 111 cm³/mol. The number of hydrogen-bond acceptors (Lipinski definition) is 4. The number of carbonyl (C=O) groups excluding carboxylic acids is 1. The summed E-state index contributed by atoms with van der Waals surface area (Å²) in [4.78, 5) is 28.4. The molecule has 130 valence electrons. The second-order valence-corrected chi connectivity index (χ2v) is 8.38. The van der Waals surface area contributed by atoms with Crippen molar-refractivity contribution in [3.63, 3.8) is 0 Å². The molecule has 0 saturated heterocycles. The average molecular weight is 446 g/mol. The highest BCUT2D eigenvalue weighted by molar-refractivity contribution is 9.10. The molecule has 5 nitrogen and oxygen atoms in total. The molecule has 2 aromatic heterocycles. The summed E-state index contributed by atoms with van der Waals surface area (Å²) < 4.78 is 3.03. The zero-order chi connectivity index (χ0) is 18.4. The van der Waals surface area contributed by atoms with Gasteiger partial charge < -0.3 is 10.3 Å². The third-order valence-electron chi connectivity index (χ3n) is 3.97. The van der Waals surface area contributed by atoms with Crippen LogP contribution in [0.15, 0.2) is 51.7 Å². The predicted octanol–water partition coefficient (Wildman–Crippen LogP) is 4.90. The van der Waals surface area contributed by atoms with Crippen molar-refractivity contribution in [2.45, 2.75) is 6.92 Å². The highest BCUT2D eigenvalue weighted by atomic mass is 79.9. The molecule has 0 radical (unpaired) electrons. The number of amides is 1. The van der Waals surface area contributed by atoms with E-state index in [4.69, 9.17) is 12.2 Å². The van der Waals surface area contributed by atoms with Crippen LogP contribution in [0.2, 0.25) is 0 Å². The Morgan fingerprint density at radius 2 is 2.08 bits per heavy atom. The third-order valence-corrected chi connectivity index (χ3v) is 5.83. The number of carbonyl (C=O) groups is 1. The molecule has 26 heavy (non-hydrogen) atoms. The Balaban J connectivity index is 1.90. The van der Waals surface area contributed by atoms with Gasteiger partial charge in [0.05, 0.1) is 10.9 Å². The fraction of sp³-hybridized carbons (Fsp3) is 0.0556. The van der Waals surface area contributed by atoms with E-state index in [2.05, 4.69) is 26.2 Å². The van der Waals surface area contributed by atoms with Gasteiger partial charge in [-0.2, -0.15) is 0 Å². The summed E-state index contributed by atoms with van der Waals surface area (Å²) in [6, 6.07) is 12.9. The summed E-state index contributed by atoms with van der Waals surface area (Å²) >= 11 is 9.99. The molecule has 4 aromatic rings. The second kappa shape index (κ2) is 6.46. The van der Waals surface area contributed by atoms with Crippen LogP contribution in [0, 0.1) is 10.9 Å². The number of rotatable bonds is 2. The third kappa shape index (κ3) is 2.90. The fourth-order valence-corrected chi connectivity index (χ4v) is 4.47. The molecule has 0 spiro atoms. The summed E-state index contributed by atoms with van der Waals surface area (Å²) in [6.07, 6.45) is 0. The Bertz CT molecular complexity index is 1300. The molecule has 0 bridgehead atoms. The zero-order valence-corrected chi connectivity index (χ0v) is 16.7. The first-order valence-electron chi connectivity index (χ1n) is 7.69. The number of nitrogens with one attached hydrogen (secondary N) is 2. The molecule has 0 saturated carbocycles. The van der Waals surface area contributed by atoms with Crippen molar-refractivity contribution in [1.29, 1.82) is 0 Å². The molecule has 0 aliphatic carbocycles. The van der Waals surface area contributed by atoms with Gasteiger partial charge in [0.15, 0.2) is 3.95 Å². The summed E-state index contributed by atoms with van der Waals surface area (Å²) in [5.74, 6) is -0.304. The van der Waals surface area contributed by atoms with Gasteiger partial charge in [0.2, 0.25) is 0 Å². The van der Waals surface area contributed by atoms with Crippen molar-refractivity contribution in [3.8, 4) is 0 Å². The number of aromatic amines is 1. The van der Waals surface area contributed by atoms with Gasteiger partial charge in [-0.1, -0.05) is 39.4 Å². The Kier molecular flexibility index (Phi) is 4.26. The Morgan fingerprint density at radius 3 is 2.85 bits per heavy atom. The van der Waals surface area contributed by atoms with Crippen LogP contribution in [-0.2, 0) is 0 Å². The summed E-state index contributed by atoms with van der Waals surface area (Å²) in [5.41, 5.74) is 2.55. The number of aromatic nitrogens is 2. The lowest BCUT2D eigenvalue weighted by atomic mass is 10.2. The van der Waals surface area contributed by atoms with E-state index < -0.39 is 0 Å². The SMILES string of the molecule is Cc1cccc(NC(=O)c2sc(=S)n3c2[nH]c(=O)c2cc(Br)ccc23)c1. The number of H-pyrrole nitrogens is 1. The van der Waals surface area contributed by atoms with Crippen LogP contribution >= 0.6 is 39.5 Å². The van der Waals surface area contributed by atoms with E-state index in [1.165, 1.54) is 11.3 Å². The van der Waals surface area contributed by atoms with Crippen molar-refractivity contribution in [2.75, 3.05) is 5.32 Å². The summed E-state index contributed by atoms with van der Waals surface area (Å²) in [7, 11) is 0. The smallest absolute Gasteiger partial charge is 0.269 e. The highest BCUT2D eigenvalue weighted by Gasteiger charge is 2.18. The minimum absolute atomic E-state index is 0.265. The minimum Gasteiger partial charge on any atom is -0.321 e. The quantitative estimate of drug-likeness (QED) is 0.431. The maximum absolute atomic E-state index is 12.8. The van der Waals surface area contributed by atoms with Crippen molar-refractivity contribution >= 4 is 67.6 Å². The number of thiazole rings is 1. The van der Waals surface area contributed by atoms with Crippen LogP contribution in [0.3, 0.4) is 0 Å². The highest BCUT2D eigenvalue weighted by Crippen LogP contribution is 2.25. The number of anilines is 1. The fourth-order valence-electron chi connectivity index (χ4n) is 2.83. The topological polar surface area (TPSA) is 66.4 Å². The molecular weight excluding hydrogens is 434 g/mol. The van der Waals surface area contributed by atoms with Crippen LogP contribution in [0.1, 0.15) is 15.2 Å². The van der Waals surface area contributed by atoms with Crippen LogP contribution in [-0.4, -0.2) is 15.3 Å². The minimum atomic E-state index is -0.304. The van der Waals surface area contributed by atoms with E-state index in [0.29, 0.717) is 31.1 Å². The molecule has 2 N–H and O–H groups in total. The van der Waals surface area contributed by atoms with Crippen molar-refractivity contribution in [3.05, 3.63) is 71.7 Å². The number of halogens is 1. The maximum atomic E-state index is 12.8. The van der Waals surface area contributed by atoms with Crippen LogP contribution in [0.4, 0.5) is 5.69 Å². The molecule has 0 fully saturated rings. The lowest BCUT2D eigenvalue weighted by Crippen LogP contribution is -2.15. The van der Waals surface area contributed by atoms with Crippen LogP contribution in [0.5, 0.6) is 0 Å². The lowest BCUT2D eigenvalue weighted by molar-refractivity contribution is 0.103. The number of nitrogens with zero attached hydrogens (tertiary/aromatic N) is 1. The number of aryl methyl sites for hydroxylation is 1. The first-order valence-corrected chi connectivity index (χ1v) is 9.71. The maximum Gasteiger partial charge on any atom is 0.269 e. The van der Waals surface area contributed by atoms with Crippen molar-refractivity contribution in [1.82, 2.24) is 9.38 Å². The monoisotopic (exact) mass is 445 g/mol. The summed E-state index contributed by atoms with van der Waals surface area (Å²) in [6.45, 7) is 1.95. The van der Waals surface area contributed by atoms with Gasteiger partial charge in [-0.25, -0.2) is 0 Å².